The number of pyridine rings is 1. The zero-order valence-electron chi connectivity index (χ0n) is 15.1. The second-order valence-electron chi connectivity index (χ2n) is 6.08. The number of hydrogen-bond acceptors (Lipinski definition) is 3. The van der Waals surface area contributed by atoms with Crippen LogP contribution < -0.4 is 10.6 Å². The van der Waals surface area contributed by atoms with Gasteiger partial charge in [-0.05, 0) is 43.3 Å². The summed E-state index contributed by atoms with van der Waals surface area (Å²) in [5, 5.41) is 5.67. The van der Waals surface area contributed by atoms with Crippen molar-refractivity contribution in [3.05, 3.63) is 94.8 Å². The fraction of sp³-hybridized carbons (Fsp3) is 0.0455. The van der Waals surface area contributed by atoms with Gasteiger partial charge >= 0.3 is 0 Å². The minimum absolute atomic E-state index is 0.0840. The molecular formula is C22H18ClN3O2. The molecule has 6 heteroatoms. The lowest BCUT2D eigenvalue weighted by Crippen LogP contribution is -2.25. The number of hydrogen-bond donors (Lipinski definition) is 2. The van der Waals surface area contributed by atoms with Gasteiger partial charge in [-0.3, -0.25) is 9.59 Å². The molecule has 0 aliphatic carbocycles. The van der Waals surface area contributed by atoms with Crippen molar-refractivity contribution in [1.82, 2.24) is 4.98 Å². The topological polar surface area (TPSA) is 71.1 Å². The van der Waals surface area contributed by atoms with E-state index >= 15 is 0 Å². The number of rotatable bonds is 5. The number of aryl methyl sites for hydroxylation is 1. The van der Waals surface area contributed by atoms with E-state index in [4.69, 9.17) is 11.6 Å². The monoisotopic (exact) mass is 391 g/mol. The van der Waals surface area contributed by atoms with Crippen LogP contribution in [0, 0.1) is 6.92 Å². The Hall–Kier alpha value is -3.44. The molecule has 0 spiro atoms. The van der Waals surface area contributed by atoms with Crippen LogP contribution in [0.1, 0.15) is 11.1 Å². The Balaban J connectivity index is 1.91. The summed E-state index contributed by atoms with van der Waals surface area (Å²) in [7, 11) is 0. The molecule has 140 valence electrons. The molecule has 0 aliphatic rings. The predicted molar refractivity (Wildman–Crippen MR) is 112 cm³/mol. The third-order valence-electron chi connectivity index (χ3n) is 3.92. The van der Waals surface area contributed by atoms with Crippen molar-refractivity contribution >= 4 is 40.9 Å². The first kappa shape index (κ1) is 19.3. The van der Waals surface area contributed by atoms with Crippen molar-refractivity contribution in [2.24, 2.45) is 0 Å². The molecule has 2 aromatic carbocycles. The maximum absolute atomic E-state index is 12.8. The van der Waals surface area contributed by atoms with E-state index in [1.54, 1.807) is 48.5 Å². The summed E-state index contributed by atoms with van der Waals surface area (Å²) in [5.74, 6) is -1.09. The van der Waals surface area contributed by atoms with Gasteiger partial charge in [-0.2, -0.15) is 0 Å². The van der Waals surface area contributed by atoms with E-state index in [0.717, 1.165) is 5.56 Å². The van der Waals surface area contributed by atoms with Crippen LogP contribution >= 0.6 is 11.6 Å². The number of aromatic nitrogens is 1. The molecule has 2 amide bonds. The first-order valence-corrected chi connectivity index (χ1v) is 8.97. The average molecular weight is 392 g/mol. The number of nitrogens with one attached hydrogen (secondary N) is 2. The van der Waals surface area contributed by atoms with Gasteiger partial charge in [0.05, 0.1) is 0 Å². The third kappa shape index (κ3) is 5.05. The molecule has 0 saturated carbocycles. The van der Waals surface area contributed by atoms with Gasteiger partial charge in [-0.1, -0.05) is 53.6 Å². The van der Waals surface area contributed by atoms with Gasteiger partial charge in [-0.15, -0.1) is 0 Å². The summed E-state index contributed by atoms with van der Waals surface area (Å²) < 4.78 is 0. The average Bonchev–Trinajstić information content (AvgIpc) is 2.69. The van der Waals surface area contributed by atoms with Crippen LogP contribution in [0.15, 0.2) is 78.5 Å². The Bertz CT molecular complexity index is 1020. The molecule has 0 radical (unpaired) electrons. The van der Waals surface area contributed by atoms with Gasteiger partial charge in [0.1, 0.15) is 10.7 Å². The van der Waals surface area contributed by atoms with Crippen molar-refractivity contribution in [3.8, 4) is 0 Å². The molecule has 1 heterocycles. The van der Waals surface area contributed by atoms with E-state index in [1.807, 2.05) is 25.1 Å². The van der Waals surface area contributed by atoms with Crippen molar-refractivity contribution in [1.29, 1.82) is 0 Å². The minimum atomic E-state index is -0.546. The van der Waals surface area contributed by atoms with Crippen molar-refractivity contribution in [2.75, 3.05) is 10.6 Å². The lowest BCUT2D eigenvalue weighted by atomic mass is 10.1. The van der Waals surface area contributed by atoms with Crippen LogP contribution in [0.3, 0.4) is 0 Å². The SMILES string of the molecule is Cc1ccc(NC(=O)/C(=C/c2cccnc2Cl)C(=O)Nc2ccccc2)cc1. The molecule has 3 aromatic rings. The maximum Gasteiger partial charge on any atom is 0.261 e. The molecule has 0 atom stereocenters. The number of para-hydroxylation sites is 1. The van der Waals surface area contributed by atoms with E-state index in [2.05, 4.69) is 15.6 Å². The van der Waals surface area contributed by atoms with E-state index in [1.165, 1.54) is 12.3 Å². The first-order valence-electron chi connectivity index (χ1n) is 8.59. The highest BCUT2D eigenvalue weighted by atomic mass is 35.5. The standard InChI is InChI=1S/C22H18ClN3O2/c1-15-9-11-18(12-10-15)26-22(28)19(14-16-6-5-13-24-20(16)23)21(27)25-17-7-3-2-4-8-17/h2-14H,1H3,(H,25,27)(H,26,28)/b19-14+. The fourth-order valence-electron chi connectivity index (χ4n) is 2.45. The molecule has 0 aliphatic heterocycles. The highest BCUT2D eigenvalue weighted by molar-refractivity contribution is 6.32. The molecule has 1 aromatic heterocycles. The quantitative estimate of drug-likeness (QED) is 0.286. The Labute approximate surface area is 168 Å². The molecule has 5 nitrogen and oxygen atoms in total. The molecule has 28 heavy (non-hydrogen) atoms. The zero-order valence-corrected chi connectivity index (χ0v) is 15.9. The second-order valence-corrected chi connectivity index (χ2v) is 6.44. The number of benzene rings is 2. The van der Waals surface area contributed by atoms with Crippen molar-refractivity contribution in [3.63, 3.8) is 0 Å². The van der Waals surface area contributed by atoms with E-state index < -0.39 is 11.8 Å². The van der Waals surface area contributed by atoms with E-state index in [0.29, 0.717) is 16.9 Å². The van der Waals surface area contributed by atoms with Crippen LogP contribution in [0.5, 0.6) is 0 Å². The van der Waals surface area contributed by atoms with Gasteiger partial charge in [0.25, 0.3) is 11.8 Å². The number of amides is 2. The van der Waals surface area contributed by atoms with Gasteiger partial charge < -0.3 is 10.6 Å². The van der Waals surface area contributed by atoms with E-state index in [-0.39, 0.29) is 10.7 Å². The number of anilines is 2. The lowest BCUT2D eigenvalue weighted by molar-refractivity contribution is -0.118. The van der Waals surface area contributed by atoms with Crippen molar-refractivity contribution < 1.29 is 9.59 Å². The molecular weight excluding hydrogens is 374 g/mol. The van der Waals surface area contributed by atoms with Gasteiger partial charge in [-0.25, -0.2) is 4.98 Å². The van der Waals surface area contributed by atoms with Crippen LogP contribution in [0.25, 0.3) is 6.08 Å². The smallest absolute Gasteiger partial charge is 0.261 e. The molecule has 0 saturated heterocycles. The van der Waals surface area contributed by atoms with Crippen LogP contribution in [0.2, 0.25) is 5.15 Å². The summed E-state index contributed by atoms with van der Waals surface area (Å²) in [4.78, 5) is 29.6. The highest BCUT2D eigenvalue weighted by Gasteiger charge is 2.19. The van der Waals surface area contributed by atoms with Gasteiger partial charge in [0, 0.05) is 23.1 Å². The number of nitrogens with zero attached hydrogens (tertiary/aromatic N) is 1. The van der Waals surface area contributed by atoms with E-state index in [9.17, 15) is 9.59 Å². The summed E-state index contributed by atoms with van der Waals surface area (Å²) in [6, 6.07) is 19.6. The molecule has 2 N–H and O–H groups in total. The molecule has 3 rings (SSSR count). The minimum Gasteiger partial charge on any atom is -0.322 e. The second kappa shape index (κ2) is 8.97. The maximum atomic E-state index is 12.8. The Morgan fingerprint density at radius 3 is 2.07 bits per heavy atom. The largest absolute Gasteiger partial charge is 0.322 e. The number of halogens is 1. The first-order chi connectivity index (χ1) is 13.5. The molecule has 0 unspecified atom stereocenters. The Kier molecular flexibility index (Phi) is 6.19. The molecule has 0 fully saturated rings. The fourth-order valence-corrected chi connectivity index (χ4v) is 2.62. The van der Waals surface area contributed by atoms with Gasteiger partial charge in [0.15, 0.2) is 0 Å². The highest BCUT2D eigenvalue weighted by Crippen LogP contribution is 2.18. The summed E-state index contributed by atoms with van der Waals surface area (Å²) in [5.41, 5.74) is 2.63. The van der Waals surface area contributed by atoms with Crippen LogP contribution in [-0.4, -0.2) is 16.8 Å². The number of carbonyl (C=O) groups is 2. The summed E-state index contributed by atoms with van der Waals surface area (Å²) >= 11 is 6.10. The zero-order chi connectivity index (χ0) is 19.9. The summed E-state index contributed by atoms with van der Waals surface area (Å²) in [6.07, 6.45) is 2.97. The van der Waals surface area contributed by atoms with Crippen LogP contribution in [-0.2, 0) is 9.59 Å². The van der Waals surface area contributed by atoms with Crippen molar-refractivity contribution in [2.45, 2.75) is 6.92 Å². The van der Waals surface area contributed by atoms with Gasteiger partial charge in [0.2, 0.25) is 0 Å². The number of carbonyl (C=O) groups excluding carboxylic acids is 2. The molecule has 0 bridgehead atoms. The lowest BCUT2D eigenvalue weighted by Gasteiger charge is -2.11. The normalized spacial score (nSPS) is 11.0. The summed E-state index contributed by atoms with van der Waals surface area (Å²) in [6.45, 7) is 1.95. The predicted octanol–water partition coefficient (Wildman–Crippen LogP) is 4.70. The van der Waals surface area contributed by atoms with Crippen LogP contribution in [0.4, 0.5) is 11.4 Å². The Morgan fingerprint density at radius 2 is 1.46 bits per heavy atom. The Morgan fingerprint density at radius 1 is 0.857 bits per heavy atom. The third-order valence-corrected chi connectivity index (χ3v) is 4.23.